The molecule has 0 unspecified atom stereocenters. The predicted molar refractivity (Wildman–Crippen MR) is 111 cm³/mol. The van der Waals surface area contributed by atoms with Crippen LogP contribution in [-0.4, -0.2) is 24.9 Å². The molecule has 0 aromatic heterocycles. The highest BCUT2D eigenvalue weighted by molar-refractivity contribution is 6.44. The lowest BCUT2D eigenvalue weighted by molar-refractivity contribution is -0.133. The third-order valence-electron chi connectivity index (χ3n) is 5.00. The van der Waals surface area contributed by atoms with Gasteiger partial charge >= 0.3 is 11.8 Å². The monoisotopic (exact) mass is 385 g/mol. The van der Waals surface area contributed by atoms with E-state index in [4.69, 9.17) is 11.6 Å². The Morgan fingerprint density at radius 3 is 2.30 bits per heavy atom. The van der Waals surface area contributed by atoms with Crippen LogP contribution in [0.4, 0.5) is 17.1 Å². The summed E-state index contributed by atoms with van der Waals surface area (Å²) in [5, 5.41) is 5.76. The third-order valence-corrected chi connectivity index (χ3v) is 5.41. The second kappa shape index (κ2) is 8.44. The van der Waals surface area contributed by atoms with Crippen LogP contribution in [0.2, 0.25) is 5.02 Å². The number of nitrogens with one attached hydrogen (secondary N) is 2. The van der Waals surface area contributed by atoms with Crippen molar-refractivity contribution in [2.75, 3.05) is 28.6 Å². The SMILES string of the molecule is Cc1c(Cl)cccc1NC(=O)C(=O)Nc1ccc(N2CCC(C)CC2)cc1. The number of anilines is 3. The van der Waals surface area contributed by atoms with Gasteiger partial charge in [0.05, 0.1) is 0 Å². The first-order valence-electron chi connectivity index (χ1n) is 9.16. The molecule has 0 saturated carbocycles. The largest absolute Gasteiger partial charge is 0.372 e. The van der Waals surface area contributed by atoms with Crippen molar-refractivity contribution < 1.29 is 9.59 Å². The summed E-state index contributed by atoms with van der Waals surface area (Å²) in [6.07, 6.45) is 2.39. The number of piperidine rings is 1. The van der Waals surface area contributed by atoms with Gasteiger partial charge in [0.15, 0.2) is 0 Å². The Labute approximate surface area is 164 Å². The molecule has 2 amide bonds. The zero-order chi connectivity index (χ0) is 19.4. The van der Waals surface area contributed by atoms with Crippen LogP contribution in [0.25, 0.3) is 0 Å². The molecule has 2 N–H and O–H groups in total. The summed E-state index contributed by atoms with van der Waals surface area (Å²) in [6, 6.07) is 12.8. The zero-order valence-corrected chi connectivity index (χ0v) is 16.3. The minimum absolute atomic E-state index is 0.525. The Hall–Kier alpha value is -2.53. The number of carbonyl (C=O) groups is 2. The maximum Gasteiger partial charge on any atom is 0.314 e. The van der Waals surface area contributed by atoms with Crippen LogP contribution < -0.4 is 15.5 Å². The molecule has 1 fully saturated rings. The van der Waals surface area contributed by atoms with Gasteiger partial charge in [-0.2, -0.15) is 0 Å². The van der Waals surface area contributed by atoms with E-state index < -0.39 is 11.8 Å². The Bertz CT molecular complexity index is 828. The molecule has 0 bridgehead atoms. The molecule has 0 radical (unpaired) electrons. The fourth-order valence-corrected chi connectivity index (χ4v) is 3.31. The van der Waals surface area contributed by atoms with Gasteiger partial charge in [0.25, 0.3) is 0 Å². The number of hydrogen-bond acceptors (Lipinski definition) is 3. The molecule has 1 aliphatic rings. The van der Waals surface area contributed by atoms with Crippen LogP contribution in [-0.2, 0) is 9.59 Å². The summed E-state index contributed by atoms with van der Waals surface area (Å²) in [5.41, 5.74) is 2.98. The summed E-state index contributed by atoms with van der Waals surface area (Å²) in [6.45, 7) is 6.17. The molecular formula is C21H24ClN3O2. The van der Waals surface area contributed by atoms with Crippen molar-refractivity contribution >= 4 is 40.5 Å². The van der Waals surface area contributed by atoms with E-state index >= 15 is 0 Å². The highest BCUT2D eigenvalue weighted by Gasteiger charge is 2.17. The molecular weight excluding hydrogens is 362 g/mol. The Morgan fingerprint density at radius 1 is 1.00 bits per heavy atom. The molecule has 1 saturated heterocycles. The number of nitrogens with zero attached hydrogens (tertiary/aromatic N) is 1. The van der Waals surface area contributed by atoms with Crippen molar-refractivity contribution in [2.45, 2.75) is 26.7 Å². The number of carbonyl (C=O) groups excluding carboxylic acids is 2. The molecule has 0 atom stereocenters. The Morgan fingerprint density at radius 2 is 1.63 bits per heavy atom. The van der Waals surface area contributed by atoms with Gasteiger partial charge in [-0.25, -0.2) is 0 Å². The molecule has 1 heterocycles. The number of amides is 2. The van der Waals surface area contributed by atoms with E-state index in [9.17, 15) is 9.59 Å². The molecule has 27 heavy (non-hydrogen) atoms. The van der Waals surface area contributed by atoms with Crippen molar-refractivity contribution in [3.8, 4) is 0 Å². The van der Waals surface area contributed by atoms with E-state index in [1.807, 2.05) is 24.3 Å². The normalized spacial score (nSPS) is 14.7. The van der Waals surface area contributed by atoms with E-state index in [0.29, 0.717) is 16.4 Å². The second-order valence-electron chi connectivity index (χ2n) is 7.04. The Kier molecular flexibility index (Phi) is 6.01. The molecule has 5 nitrogen and oxygen atoms in total. The van der Waals surface area contributed by atoms with Crippen LogP contribution in [0.3, 0.4) is 0 Å². The van der Waals surface area contributed by atoms with Gasteiger partial charge in [-0.05, 0) is 67.6 Å². The maximum atomic E-state index is 12.2. The fourth-order valence-electron chi connectivity index (χ4n) is 3.13. The van der Waals surface area contributed by atoms with Crippen LogP contribution >= 0.6 is 11.6 Å². The van der Waals surface area contributed by atoms with E-state index in [1.54, 1.807) is 25.1 Å². The minimum atomic E-state index is -0.727. The quantitative estimate of drug-likeness (QED) is 0.766. The highest BCUT2D eigenvalue weighted by atomic mass is 35.5. The van der Waals surface area contributed by atoms with Crippen molar-refractivity contribution in [3.63, 3.8) is 0 Å². The van der Waals surface area contributed by atoms with E-state index in [1.165, 1.54) is 12.8 Å². The minimum Gasteiger partial charge on any atom is -0.372 e. The summed E-state index contributed by atoms with van der Waals surface area (Å²) >= 11 is 6.04. The molecule has 1 aliphatic heterocycles. The Balaban J connectivity index is 1.58. The van der Waals surface area contributed by atoms with Crippen LogP contribution in [0.5, 0.6) is 0 Å². The molecule has 0 aliphatic carbocycles. The van der Waals surface area contributed by atoms with Gasteiger partial charge in [-0.1, -0.05) is 24.6 Å². The maximum absolute atomic E-state index is 12.2. The van der Waals surface area contributed by atoms with Gasteiger partial charge < -0.3 is 15.5 Å². The summed E-state index contributed by atoms with van der Waals surface area (Å²) in [7, 11) is 0. The van der Waals surface area contributed by atoms with Gasteiger partial charge in [0, 0.05) is 35.2 Å². The first kappa shape index (κ1) is 19.2. The average Bonchev–Trinajstić information content (AvgIpc) is 2.66. The van der Waals surface area contributed by atoms with E-state index in [0.717, 1.165) is 30.3 Å². The van der Waals surface area contributed by atoms with Gasteiger partial charge in [-0.15, -0.1) is 0 Å². The smallest absolute Gasteiger partial charge is 0.314 e. The molecule has 0 spiro atoms. The zero-order valence-electron chi connectivity index (χ0n) is 15.6. The van der Waals surface area contributed by atoms with Crippen LogP contribution in [0.1, 0.15) is 25.3 Å². The van der Waals surface area contributed by atoms with Crippen molar-refractivity contribution in [3.05, 3.63) is 53.1 Å². The lowest BCUT2D eigenvalue weighted by atomic mass is 9.99. The summed E-state index contributed by atoms with van der Waals surface area (Å²) in [4.78, 5) is 26.7. The number of hydrogen-bond donors (Lipinski definition) is 2. The number of benzene rings is 2. The molecule has 2 aromatic carbocycles. The lowest BCUT2D eigenvalue weighted by Crippen LogP contribution is -2.32. The molecule has 2 aromatic rings. The molecule has 3 rings (SSSR count). The topological polar surface area (TPSA) is 61.4 Å². The van der Waals surface area contributed by atoms with Gasteiger partial charge in [0.2, 0.25) is 0 Å². The molecule has 6 heteroatoms. The van der Waals surface area contributed by atoms with Gasteiger partial charge in [-0.3, -0.25) is 9.59 Å². The first-order chi connectivity index (χ1) is 12.9. The van der Waals surface area contributed by atoms with Gasteiger partial charge in [0.1, 0.15) is 0 Å². The number of rotatable bonds is 3. The van der Waals surface area contributed by atoms with Crippen LogP contribution in [0, 0.1) is 12.8 Å². The van der Waals surface area contributed by atoms with E-state index in [2.05, 4.69) is 22.5 Å². The third kappa shape index (κ3) is 4.80. The van der Waals surface area contributed by atoms with E-state index in [-0.39, 0.29) is 0 Å². The lowest BCUT2D eigenvalue weighted by Gasteiger charge is -2.32. The van der Waals surface area contributed by atoms with Crippen molar-refractivity contribution in [1.82, 2.24) is 0 Å². The van der Waals surface area contributed by atoms with Crippen molar-refractivity contribution in [1.29, 1.82) is 0 Å². The average molecular weight is 386 g/mol. The fraction of sp³-hybridized carbons (Fsp3) is 0.333. The first-order valence-corrected chi connectivity index (χ1v) is 9.54. The highest BCUT2D eigenvalue weighted by Crippen LogP contribution is 2.25. The molecule has 142 valence electrons. The van der Waals surface area contributed by atoms with Crippen molar-refractivity contribution in [2.24, 2.45) is 5.92 Å². The standard InChI is InChI=1S/C21H24ClN3O2/c1-14-10-12-25(13-11-14)17-8-6-16(7-9-17)23-20(26)21(27)24-19-5-3-4-18(22)15(19)2/h3-9,14H,10-13H2,1-2H3,(H,23,26)(H,24,27). The summed E-state index contributed by atoms with van der Waals surface area (Å²) in [5.74, 6) is -0.662. The van der Waals surface area contributed by atoms with Crippen LogP contribution in [0.15, 0.2) is 42.5 Å². The summed E-state index contributed by atoms with van der Waals surface area (Å²) < 4.78 is 0. The number of halogens is 1. The predicted octanol–water partition coefficient (Wildman–Crippen LogP) is 4.46. The second-order valence-corrected chi connectivity index (χ2v) is 7.44.